The van der Waals surface area contributed by atoms with Gasteiger partial charge in [-0.2, -0.15) is 0 Å². The zero-order valence-electron chi connectivity index (χ0n) is 23.2. The first-order valence-electron chi connectivity index (χ1n) is 12.0. The molecule has 1 radical (unpaired) electrons. The van der Waals surface area contributed by atoms with Gasteiger partial charge in [0.25, 0.3) is 0 Å². The van der Waals surface area contributed by atoms with Crippen molar-refractivity contribution in [3.8, 4) is 5.75 Å². The number of H-pyrrole nitrogens is 2. The number of hydrogen-bond donors (Lipinski definition) is 5. The molecule has 4 aromatic rings. The minimum atomic E-state index is -2.86. The molecular weight excluding hydrogens is 744 g/mol. The minimum absolute atomic E-state index is 0. The summed E-state index contributed by atoms with van der Waals surface area (Å²) in [4.78, 5) is 16.0. The number of aromatic nitrogens is 4. The van der Waals surface area contributed by atoms with Gasteiger partial charge in [0.15, 0.2) is 0 Å². The Kier molecular flexibility index (Phi) is 18.8. The van der Waals surface area contributed by atoms with E-state index in [1.807, 2.05) is 42.5 Å². The zero-order chi connectivity index (χ0) is 34.1. The number of para-hydroxylation sites is 1. The predicted molar refractivity (Wildman–Crippen MR) is 169 cm³/mol. The molecule has 0 unspecified atom stereocenters. The molecule has 5 heterocycles. The predicted octanol–water partition coefficient (Wildman–Crippen LogP) is 5.25. The number of nitrogens with zero attached hydrogens (tertiary/aromatic N) is 2. The molecule has 8 bridgehead atoms. The van der Waals surface area contributed by atoms with Crippen LogP contribution in [0.25, 0.3) is 46.4 Å². The van der Waals surface area contributed by atoms with Gasteiger partial charge in [-0.1, -0.05) is 18.2 Å². The molecule has 16 nitrogen and oxygen atoms in total. The van der Waals surface area contributed by atoms with Gasteiger partial charge in [-0.25, -0.2) is 9.97 Å². The van der Waals surface area contributed by atoms with Gasteiger partial charge in [-0.05, 0) is 85.0 Å². The standard InChI is InChI=1S/C20H14N4.C6H5O3S.Mn.3HO3S/c1-2-14-10-16-5-6-18(23-16)12-20-8-7-19(24-20)11-17-4-3-15(22-17)9-13(1)21-14;7-10(8)9-6-4-2-1-3-5-6;;3*1-4(2)3/h1-12,21-22H;1-5H;;3*(H,1,2,3)/q;-1;;3*-1. The number of aromatic amines is 2. The molecule has 0 fully saturated rings. The molecule has 2 aliphatic rings. The number of hydrogen-bond acceptors (Lipinski definition) is 15. The summed E-state index contributed by atoms with van der Waals surface area (Å²) in [5, 5.41) is 0. The van der Waals surface area contributed by atoms with Crippen LogP contribution in [0.2, 0.25) is 0 Å². The third-order valence-corrected chi connectivity index (χ3v) is 5.28. The summed E-state index contributed by atoms with van der Waals surface area (Å²) in [7, 11) is -11.0. The van der Waals surface area contributed by atoms with Gasteiger partial charge >= 0.3 is 0 Å². The fourth-order valence-corrected chi connectivity index (χ4v) is 3.77. The van der Waals surface area contributed by atoms with Crippen LogP contribution in [0.5, 0.6) is 5.75 Å². The molecule has 0 aliphatic carbocycles. The maximum absolute atomic E-state index is 9.95. The van der Waals surface area contributed by atoms with Crippen LogP contribution in [0.3, 0.4) is 0 Å². The molecule has 0 amide bonds. The number of benzene rings is 1. The fraction of sp³-hybridized carbons (Fsp3) is 0. The van der Waals surface area contributed by atoms with Crippen LogP contribution in [0.1, 0.15) is 22.8 Å². The van der Waals surface area contributed by atoms with Gasteiger partial charge in [0, 0.05) is 72.1 Å². The van der Waals surface area contributed by atoms with Crippen molar-refractivity contribution in [3.05, 3.63) is 102 Å². The second kappa shape index (κ2) is 21.6. The van der Waals surface area contributed by atoms with Crippen molar-refractivity contribution >= 4 is 90.3 Å². The molecule has 21 heteroatoms. The van der Waals surface area contributed by atoms with Crippen molar-refractivity contribution in [2.45, 2.75) is 0 Å². The van der Waals surface area contributed by atoms with E-state index in [-0.39, 0.29) is 17.1 Å². The second-order valence-corrected chi connectivity index (χ2v) is 10.0. The van der Waals surface area contributed by atoms with Crippen LogP contribution in [0.15, 0.2) is 78.9 Å². The Morgan fingerprint density at radius 3 is 1.15 bits per heavy atom. The Morgan fingerprint density at radius 2 is 0.809 bits per heavy atom. The topological polar surface area (TPSA) is 264 Å². The summed E-state index contributed by atoms with van der Waals surface area (Å²) < 4.78 is 96.5. The van der Waals surface area contributed by atoms with E-state index in [2.05, 4.69) is 54.5 Å². The van der Waals surface area contributed by atoms with Crippen molar-refractivity contribution in [1.29, 1.82) is 0 Å². The van der Waals surface area contributed by atoms with Crippen LogP contribution in [0, 0.1) is 0 Å². The van der Waals surface area contributed by atoms with Crippen LogP contribution in [-0.2, 0) is 94.7 Å². The number of fused-ring (bicyclic) bond motifs is 8. The van der Waals surface area contributed by atoms with Crippen LogP contribution in [0.4, 0.5) is 0 Å². The molecule has 253 valence electrons. The van der Waals surface area contributed by atoms with E-state index in [0.717, 1.165) is 44.8 Å². The molecule has 1 aromatic carbocycles. The van der Waals surface area contributed by atoms with Gasteiger partial charge in [-0.15, -0.1) is 0 Å². The summed E-state index contributed by atoms with van der Waals surface area (Å²) in [6.07, 6.45) is 8.05. The fourth-order valence-electron chi connectivity index (χ4n) is 3.50. The molecule has 0 atom stereocenters. The van der Waals surface area contributed by atoms with E-state index in [1.165, 1.54) is 0 Å². The summed E-state index contributed by atoms with van der Waals surface area (Å²) >= 11 is 0. The Bertz CT molecular complexity index is 1990. The van der Waals surface area contributed by atoms with Gasteiger partial charge in [0.2, 0.25) is 0 Å². The molecule has 5 N–H and O–H groups in total. The molecule has 0 saturated heterocycles. The van der Waals surface area contributed by atoms with E-state index in [9.17, 15) is 8.42 Å². The van der Waals surface area contributed by atoms with E-state index >= 15 is 0 Å². The molecule has 2 aliphatic heterocycles. The van der Waals surface area contributed by atoms with E-state index in [0.29, 0.717) is 5.75 Å². The summed E-state index contributed by atoms with van der Waals surface area (Å²) in [5.41, 5.74) is 7.86. The van der Waals surface area contributed by atoms with Crippen molar-refractivity contribution in [3.63, 3.8) is 0 Å². The molecule has 47 heavy (non-hydrogen) atoms. The normalized spacial score (nSPS) is 10.7. The molecule has 0 spiro atoms. The quantitative estimate of drug-likeness (QED) is 0.0653. The van der Waals surface area contributed by atoms with Crippen LogP contribution < -0.4 is 4.18 Å². The van der Waals surface area contributed by atoms with Gasteiger partial charge in [0.05, 0.1) is 22.8 Å². The summed E-state index contributed by atoms with van der Waals surface area (Å²) in [6.45, 7) is 0. The van der Waals surface area contributed by atoms with Crippen LogP contribution in [-0.4, -0.2) is 33.6 Å². The third-order valence-electron chi connectivity index (χ3n) is 4.95. The maximum atomic E-state index is 9.95. The summed E-state index contributed by atoms with van der Waals surface area (Å²) in [5.74, 6) is 0.329. The average Bonchev–Trinajstić information content (AvgIpc) is 3.75. The first-order valence-corrected chi connectivity index (χ1v) is 16.1. The van der Waals surface area contributed by atoms with Crippen molar-refractivity contribution < 1.29 is 68.6 Å². The Labute approximate surface area is 284 Å². The van der Waals surface area contributed by atoms with Gasteiger partial charge < -0.3 is 61.5 Å². The van der Waals surface area contributed by atoms with E-state index < -0.39 is 43.9 Å². The molecule has 6 rings (SSSR count). The number of rotatable bonds is 2. The summed E-state index contributed by atoms with van der Waals surface area (Å²) in [6, 6.07) is 24.7. The largest absolute Gasteiger partial charge is 0.533 e. The van der Waals surface area contributed by atoms with Gasteiger partial charge in [-0.3, -0.25) is 0 Å². The molecule has 3 aromatic heterocycles. The first-order chi connectivity index (χ1) is 21.8. The molecular formula is C26H22MnN4O12S4-4. The maximum Gasteiger partial charge on any atom is 0.103 e. The van der Waals surface area contributed by atoms with Crippen molar-refractivity contribution in [2.75, 3.05) is 0 Å². The third kappa shape index (κ3) is 18.5. The Balaban J connectivity index is 0.000000399. The van der Waals surface area contributed by atoms with E-state index in [4.69, 9.17) is 38.9 Å². The molecule has 0 saturated carbocycles. The van der Waals surface area contributed by atoms with Crippen LogP contribution >= 0.6 is 0 Å². The minimum Gasteiger partial charge on any atom is -0.533 e. The zero-order valence-corrected chi connectivity index (χ0v) is 27.7. The van der Waals surface area contributed by atoms with Crippen molar-refractivity contribution in [2.24, 2.45) is 0 Å². The number of nitrogens with one attached hydrogen (secondary N) is 2. The van der Waals surface area contributed by atoms with Gasteiger partial charge in [0.1, 0.15) is 16.7 Å². The Hall–Kier alpha value is -4.18. The smallest absolute Gasteiger partial charge is 0.103 e. The Morgan fingerprint density at radius 1 is 0.489 bits per heavy atom. The SMILES string of the molecule is C1=Cc2cc3ccc(cc4ccc(cc5nc(cc1n2)C=C5)[nH]4)[nH]3.O=[S-](=O)O.O=[S-](=O)O.O=[S-](=O)O.O=[S-](=O)Oc1ccccc1.[Mn]. The average molecular weight is 766 g/mol. The monoisotopic (exact) mass is 765 g/mol. The van der Waals surface area contributed by atoms with E-state index in [1.54, 1.807) is 30.3 Å². The van der Waals surface area contributed by atoms with Crippen molar-refractivity contribution in [1.82, 2.24) is 19.9 Å². The first kappa shape index (κ1) is 40.8. The second-order valence-electron chi connectivity index (χ2n) is 8.16.